The number of hydrogen-bond donors (Lipinski definition) is 1. The van der Waals surface area contributed by atoms with Crippen LogP contribution >= 0.6 is 11.8 Å². The van der Waals surface area contributed by atoms with E-state index in [4.69, 9.17) is 0 Å². The first-order valence-electron chi connectivity index (χ1n) is 5.15. The van der Waals surface area contributed by atoms with Crippen LogP contribution in [-0.4, -0.2) is 28.6 Å². The van der Waals surface area contributed by atoms with Crippen LogP contribution in [0.15, 0.2) is 17.3 Å². The van der Waals surface area contributed by atoms with E-state index in [1.54, 1.807) is 0 Å². The van der Waals surface area contributed by atoms with Gasteiger partial charge >= 0.3 is 0 Å². The minimum Gasteiger partial charge on any atom is -0.317 e. The van der Waals surface area contributed by atoms with Gasteiger partial charge in [-0.3, -0.25) is 4.68 Å². The summed E-state index contributed by atoms with van der Waals surface area (Å²) in [6, 6.07) is 0. The molecule has 0 aliphatic heterocycles. The molecule has 0 saturated heterocycles. The van der Waals surface area contributed by atoms with Crippen molar-refractivity contribution in [1.29, 1.82) is 0 Å². The molecule has 0 spiro atoms. The number of aromatic nitrogens is 2. The molecule has 1 heterocycles. The number of thioether (sulfide) groups is 1. The van der Waals surface area contributed by atoms with Gasteiger partial charge in [-0.15, -0.1) is 11.8 Å². The molecule has 1 rings (SSSR count). The maximum absolute atomic E-state index is 4.13. The molecule has 0 amide bonds. The van der Waals surface area contributed by atoms with E-state index in [0.717, 1.165) is 13.1 Å². The average Bonchev–Trinajstić information content (AvgIpc) is 2.58. The molecule has 3 nitrogen and oxygen atoms in total. The number of aryl methyl sites for hydroxylation is 1. The molecule has 0 aliphatic rings. The molecular weight excluding hydrogens is 194 g/mol. The maximum Gasteiger partial charge on any atom is 0.0625 e. The standard InChI is InChI=1S/C10H19N3S/c1-3-5-11-6-4-7-14-10-8-12-13(2)9-10/h8-9,11H,3-7H2,1-2H3. The monoisotopic (exact) mass is 213 g/mol. The van der Waals surface area contributed by atoms with Crippen molar-refractivity contribution in [2.24, 2.45) is 7.05 Å². The lowest BCUT2D eigenvalue weighted by molar-refractivity contribution is 0.664. The first-order valence-corrected chi connectivity index (χ1v) is 6.13. The fourth-order valence-electron chi connectivity index (χ4n) is 1.16. The van der Waals surface area contributed by atoms with Gasteiger partial charge in [0.25, 0.3) is 0 Å². The van der Waals surface area contributed by atoms with Gasteiger partial charge in [0.05, 0.1) is 6.20 Å². The van der Waals surface area contributed by atoms with Crippen LogP contribution in [0.1, 0.15) is 19.8 Å². The number of nitrogens with zero attached hydrogens (tertiary/aromatic N) is 2. The Morgan fingerprint density at radius 3 is 3.00 bits per heavy atom. The average molecular weight is 213 g/mol. The van der Waals surface area contributed by atoms with Gasteiger partial charge < -0.3 is 5.32 Å². The molecule has 0 aliphatic carbocycles. The Morgan fingerprint density at radius 2 is 2.36 bits per heavy atom. The number of rotatable bonds is 7. The lowest BCUT2D eigenvalue weighted by Gasteiger charge is -2.01. The predicted molar refractivity (Wildman–Crippen MR) is 61.7 cm³/mol. The quantitative estimate of drug-likeness (QED) is 0.554. The van der Waals surface area contributed by atoms with Gasteiger partial charge in [-0.2, -0.15) is 5.10 Å². The van der Waals surface area contributed by atoms with Crippen LogP contribution < -0.4 is 5.32 Å². The Kier molecular flexibility index (Phi) is 5.71. The molecule has 80 valence electrons. The van der Waals surface area contributed by atoms with Crippen molar-refractivity contribution >= 4 is 11.8 Å². The second-order valence-electron chi connectivity index (χ2n) is 3.30. The summed E-state index contributed by atoms with van der Waals surface area (Å²) in [5, 5.41) is 7.52. The third-order valence-corrected chi connectivity index (χ3v) is 2.91. The summed E-state index contributed by atoms with van der Waals surface area (Å²) >= 11 is 1.88. The van der Waals surface area contributed by atoms with Crippen LogP contribution in [0.4, 0.5) is 0 Å². The molecule has 0 aromatic carbocycles. The predicted octanol–water partition coefficient (Wildman–Crippen LogP) is 1.90. The maximum atomic E-state index is 4.13. The topological polar surface area (TPSA) is 29.9 Å². The van der Waals surface area contributed by atoms with Crippen molar-refractivity contribution in [2.45, 2.75) is 24.7 Å². The third kappa shape index (κ3) is 4.67. The summed E-state index contributed by atoms with van der Waals surface area (Å²) in [6.07, 6.45) is 6.42. The zero-order valence-corrected chi connectivity index (χ0v) is 9.81. The van der Waals surface area contributed by atoms with Gasteiger partial charge in [0.15, 0.2) is 0 Å². The molecule has 0 bridgehead atoms. The van der Waals surface area contributed by atoms with Gasteiger partial charge in [0.2, 0.25) is 0 Å². The van der Waals surface area contributed by atoms with Crippen molar-refractivity contribution in [3.63, 3.8) is 0 Å². The van der Waals surface area contributed by atoms with E-state index >= 15 is 0 Å². The molecule has 0 atom stereocenters. The normalized spacial score (nSPS) is 10.7. The highest BCUT2D eigenvalue weighted by atomic mass is 32.2. The van der Waals surface area contributed by atoms with Crippen LogP contribution in [0.2, 0.25) is 0 Å². The van der Waals surface area contributed by atoms with Crippen LogP contribution in [-0.2, 0) is 7.05 Å². The van der Waals surface area contributed by atoms with Gasteiger partial charge in [0.1, 0.15) is 0 Å². The van der Waals surface area contributed by atoms with E-state index in [-0.39, 0.29) is 0 Å². The van der Waals surface area contributed by atoms with E-state index in [1.165, 1.54) is 23.5 Å². The third-order valence-electron chi connectivity index (χ3n) is 1.87. The highest BCUT2D eigenvalue weighted by Gasteiger charge is 1.95. The zero-order chi connectivity index (χ0) is 10.2. The Bertz CT molecular complexity index is 247. The fourth-order valence-corrected chi connectivity index (χ4v) is 2.04. The van der Waals surface area contributed by atoms with E-state index in [2.05, 4.69) is 23.5 Å². The van der Waals surface area contributed by atoms with E-state index in [0.29, 0.717) is 0 Å². The smallest absolute Gasteiger partial charge is 0.0625 e. The van der Waals surface area contributed by atoms with Gasteiger partial charge in [-0.1, -0.05) is 6.92 Å². The largest absolute Gasteiger partial charge is 0.317 e. The minimum atomic E-state index is 1.13. The molecule has 14 heavy (non-hydrogen) atoms. The minimum absolute atomic E-state index is 1.13. The highest BCUT2D eigenvalue weighted by molar-refractivity contribution is 7.99. The number of hydrogen-bond acceptors (Lipinski definition) is 3. The van der Waals surface area contributed by atoms with Crippen LogP contribution in [0.25, 0.3) is 0 Å². The van der Waals surface area contributed by atoms with Crippen molar-refractivity contribution in [3.05, 3.63) is 12.4 Å². The first kappa shape index (κ1) is 11.6. The number of nitrogens with one attached hydrogen (secondary N) is 1. The van der Waals surface area contributed by atoms with Crippen molar-refractivity contribution in [1.82, 2.24) is 15.1 Å². The lowest BCUT2D eigenvalue weighted by Crippen LogP contribution is -2.16. The fraction of sp³-hybridized carbons (Fsp3) is 0.700. The van der Waals surface area contributed by atoms with Gasteiger partial charge in [-0.25, -0.2) is 0 Å². The molecule has 4 heteroatoms. The Labute approximate surface area is 90.3 Å². The molecule has 1 aromatic heterocycles. The van der Waals surface area contributed by atoms with E-state index in [9.17, 15) is 0 Å². The Hall–Kier alpha value is -0.480. The van der Waals surface area contributed by atoms with Crippen molar-refractivity contribution in [2.75, 3.05) is 18.8 Å². The summed E-state index contributed by atoms with van der Waals surface area (Å²) in [4.78, 5) is 1.27. The van der Waals surface area contributed by atoms with Gasteiger partial charge in [-0.05, 0) is 31.7 Å². The Morgan fingerprint density at radius 1 is 1.50 bits per heavy atom. The molecular formula is C10H19N3S. The van der Waals surface area contributed by atoms with E-state index in [1.807, 2.05) is 29.7 Å². The van der Waals surface area contributed by atoms with Crippen molar-refractivity contribution in [3.8, 4) is 0 Å². The summed E-state index contributed by atoms with van der Waals surface area (Å²) in [5.41, 5.74) is 0. The molecule has 0 unspecified atom stereocenters. The summed E-state index contributed by atoms with van der Waals surface area (Å²) in [6.45, 7) is 4.45. The zero-order valence-electron chi connectivity index (χ0n) is 8.99. The molecule has 0 saturated carbocycles. The highest BCUT2D eigenvalue weighted by Crippen LogP contribution is 2.16. The van der Waals surface area contributed by atoms with Crippen molar-refractivity contribution < 1.29 is 0 Å². The molecule has 0 fully saturated rings. The van der Waals surface area contributed by atoms with Crippen LogP contribution in [0.3, 0.4) is 0 Å². The second-order valence-corrected chi connectivity index (χ2v) is 4.47. The molecule has 1 N–H and O–H groups in total. The second kappa shape index (κ2) is 6.90. The molecule has 0 radical (unpaired) electrons. The van der Waals surface area contributed by atoms with E-state index < -0.39 is 0 Å². The summed E-state index contributed by atoms with van der Waals surface area (Å²) in [7, 11) is 1.95. The first-order chi connectivity index (χ1) is 6.83. The van der Waals surface area contributed by atoms with Crippen LogP contribution in [0.5, 0.6) is 0 Å². The SMILES string of the molecule is CCCNCCCSc1cnn(C)c1. The molecule has 1 aromatic rings. The van der Waals surface area contributed by atoms with Gasteiger partial charge in [0, 0.05) is 18.1 Å². The van der Waals surface area contributed by atoms with Crippen LogP contribution in [0, 0.1) is 0 Å². The lowest BCUT2D eigenvalue weighted by atomic mass is 10.4. The Balaban J connectivity index is 1.99. The summed E-state index contributed by atoms with van der Waals surface area (Å²) in [5.74, 6) is 1.17. The summed E-state index contributed by atoms with van der Waals surface area (Å²) < 4.78 is 1.84.